The van der Waals surface area contributed by atoms with Gasteiger partial charge in [-0.2, -0.15) is 0 Å². The predicted octanol–water partition coefficient (Wildman–Crippen LogP) is 2.14. The zero-order chi connectivity index (χ0) is 16.5. The van der Waals surface area contributed by atoms with Crippen LogP contribution < -0.4 is 10.2 Å². The number of alkyl halides is 2. The van der Waals surface area contributed by atoms with E-state index in [2.05, 4.69) is 25.2 Å². The fraction of sp³-hybridized carbons (Fsp3) is 0.312. The van der Waals surface area contributed by atoms with Crippen LogP contribution in [0.25, 0.3) is 17.0 Å². The first-order valence-electron chi connectivity index (χ1n) is 7.76. The number of aromatic nitrogens is 4. The summed E-state index contributed by atoms with van der Waals surface area (Å²) in [6.45, 7) is 3.46. The number of nitrogens with zero attached hydrogens (tertiary/aromatic N) is 5. The van der Waals surface area contributed by atoms with Gasteiger partial charge in [-0.15, -0.1) is 0 Å². The molecule has 0 aromatic carbocycles. The van der Waals surface area contributed by atoms with Gasteiger partial charge in [-0.05, 0) is 18.2 Å². The van der Waals surface area contributed by atoms with Crippen molar-refractivity contribution in [2.45, 2.75) is 6.43 Å². The molecule has 0 amide bonds. The van der Waals surface area contributed by atoms with E-state index in [1.165, 1.54) is 12.3 Å². The largest absolute Gasteiger partial charge is 0.338 e. The van der Waals surface area contributed by atoms with Crippen molar-refractivity contribution in [2.75, 3.05) is 31.1 Å². The Hall–Kier alpha value is -2.61. The van der Waals surface area contributed by atoms with Crippen molar-refractivity contribution >= 4 is 11.6 Å². The molecule has 1 N–H and O–H groups in total. The van der Waals surface area contributed by atoms with Crippen molar-refractivity contribution < 1.29 is 8.78 Å². The first-order valence-corrected chi connectivity index (χ1v) is 7.76. The summed E-state index contributed by atoms with van der Waals surface area (Å²) in [5.41, 5.74) is 1.90. The molecule has 0 spiro atoms. The Balaban J connectivity index is 1.75. The number of rotatable bonds is 3. The van der Waals surface area contributed by atoms with E-state index < -0.39 is 6.43 Å². The minimum atomic E-state index is -2.52. The van der Waals surface area contributed by atoms with Gasteiger partial charge in [0.2, 0.25) is 5.95 Å². The fourth-order valence-electron chi connectivity index (χ4n) is 2.82. The van der Waals surface area contributed by atoms with Crippen LogP contribution >= 0.6 is 0 Å². The van der Waals surface area contributed by atoms with Crippen LogP contribution in [0.1, 0.15) is 12.0 Å². The van der Waals surface area contributed by atoms with Gasteiger partial charge in [0.1, 0.15) is 5.65 Å². The summed E-state index contributed by atoms with van der Waals surface area (Å²) in [7, 11) is 0. The normalized spacial score (nSPS) is 15.4. The minimum absolute atomic E-state index is 0.0434. The molecule has 3 aromatic heterocycles. The number of pyridine rings is 1. The second-order valence-corrected chi connectivity index (χ2v) is 5.61. The molecule has 1 aliphatic rings. The van der Waals surface area contributed by atoms with Gasteiger partial charge in [0.15, 0.2) is 0 Å². The summed E-state index contributed by atoms with van der Waals surface area (Å²) < 4.78 is 27.6. The summed E-state index contributed by atoms with van der Waals surface area (Å²) in [6.07, 6.45) is 2.23. The molecular formula is C16H16F2N6. The van der Waals surface area contributed by atoms with Crippen LogP contribution in [0.2, 0.25) is 0 Å². The molecule has 0 aliphatic carbocycles. The quantitative estimate of drug-likeness (QED) is 0.797. The lowest BCUT2D eigenvalue weighted by atomic mass is 10.2. The van der Waals surface area contributed by atoms with E-state index in [4.69, 9.17) is 0 Å². The number of halogens is 2. The second kappa shape index (κ2) is 6.12. The number of imidazole rings is 1. The molecule has 0 atom stereocenters. The second-order valence-electron chi connectivity index (χ2n) is 5.61. The Morgan fingerprint density at radius 2 is 1.92 bits per heavy atom. The molecule has 8 heteroatoms. The highest BCUT2D eigenvalue weighted by molar-refractivity contribution is 5.61. The van der Waals surface area contributed by atoms with Gasteiger partial charge in [-0.25, -0.2) is 23.7 Å². The molecule has 4 rings (SSSR count). The molecule has 124 valence electrons. The molecule has 1 aliphatic heterocycles. The standard InChI is InChI=1S/C16H16F2N6/c17-15(18)11-1-2-14-21-9-13(24(14)10-11)12-3-4-20-16(22-12)23-7-5-19-6-8-23/h1-4,9-10,15,19H,5-8H2. The van der Waals surface area contributed by atoms with E-state index in [9.17, 15) is 8.78 Å². The summed E-state index contributed by atoms with van der Waals surface area (Å²) in [5.74, 6) is 0.647. The molecule has 0 bridgehead atoms. The zero-order valence-electron chi connectivity index (χ0n) is 12.9. The van der Waals surface area contributed by atoms with Crippen molar-refractivity contribution in [3.05, 3.63) is 42.4 Å². The van der Waals surface area contributed by atoms with Gasteiger partial charge in [0.25, 0.3) is 6.43 Å². The van der Waals surface area contributed by atoms with Crippen molar-refractivity contribution in [2.24, 2.45) is 0 Å². The Labute approximate surface area is 137 Å². The number of hydrogen-bond donors (Lipinski definition) is 1. The van der Waals surface area contributed by atoms with Crippen LogP contribution in [-0.2, 0) is 0 Å². The lowest BCUT2D eigenvalue weighted by Crippen LogP contribution is -2.44. The van der Waals surface area contributed by atoms with Gasteiger partial charge >= 0.3 is 0 Å². The molecule has 0 saturated carbocycles. The monoisotopic (exact) mass is 330 g/mol. The average Bonchev–Trinajstić information content (AvgIpc) is 3.05. The third-order valence-electron chi connectivity index (χ3n) is 4.09. The van der Waals surface area contributed by atoms with E-state index >= 15 is 0 Å². The van der Waals surface area contributed by atoms with E-state index in [1.54, 1.807) is 28.9 Å². The van der Waals surface area contributed by atoms with Crippen LogP contribution in [0.4, 0.5) is 14.7 Å². The molecule has 0 radical (unpaired) electrons. The molecular weight excluding hydrogens is 314 g/mol. The topological polar surface area (TPSA) is 58.4 Å². The molecule has 3 aromatic rings. The maximum Gasteiger partial charge on any atom is 0.265 e. The van der Waals surface area contributed by atoms with Crippen molar-refractivity contribution in [3.63, 3.8) is 0 Å². The van der Waals surface area contributed by atoms with Crippen LogP contribution in [0.15, 0.2) is 36.8 Å². The van der Waals surface area contributed by atoms with Crippen LogP contribution in [0.5, 0.6) is 0 Å². The summed E-state index contributed by atoms with van der Waals surface area (Å²) >= 11 is 0. The molecule has 24 heavy (non-hydrogen) atoms. The first-order chi connectivity index (χ1) is 11.7. The van der Waals surface area contributed by atoms with E-state index in [1.807, 2.05) is 0 Å². The number of fused-ring (bicyclic) bond motifs is 1. The van der Waals surface area contributed by atoms with Crippen molar-refractivity contribution in [1.29, 1.82) is 0 Å². The van der Waals surface area contributed by atoms with E-state index in [0.29, 0.717) is 23.0 Å². The average molecular weight is 330 g/mol. The molecule has 1 saturated heterocycles. The summed E-state index contributed by atoms with van der Waals surface area (Å²) in [4.78, 5) is 15.3. The minimum Gasteiger partial charge on any atom is -0.338 e. The van der Waals surface area contributed by atoms with Gasteiger partial charge in [0.05, 0.1) is 17.6 Å². The first kappa shape index (κ1) is 14.9. The van der Waals surface area contributed by atoms with Crippen molar-refractivity contribution in [3.8, 4) is 11.4 Å². The smallest absolute Gasteiger partial charge is 0.265 e. The Morgan fingerprint density at radius 3 is 2.71 bits per heavy atom. The van der Waals surface area contributed by atoms with Gasteiger partial charge in [-0.1, -0.05) is 0 Å². The number of nitrogens with one attached hydrogen (secondary N) is 1. The summed E-state index contributed by atoms with van der Waals surface area (Å²) in [5, 5.41) is 3.29. The molecule has 4 heterocycles. The zero-order valence-corrected chi connectivity index (χ0v) is 12.9. The summed E-state index contributed by atoms with van der Waals surface area (Å²) in [6, 6.07) is 4.75. The third kappa shape index (κ3) is 2.69. The SMILES string of the molecule is FC(F)c1ccc2ncc(-c3ccnc(N4CCNCC4)n3)n2c1. The maximum absolute atomic E-state index is 13.0. The van der Waals surface area contributed by atoms with Gasteiger partial charge in [0, 0.05) is 44.1 Å². The van der Waals surface area contributed by atoms with E-state index in [-0.39, 0.29) is 5.56 Å². The van der Waals surface area contributed by atoms with Gasteiger partial charge < -0.3 is 10.2 Å². The lowest BCUT2D eigenvalue weighted by molar-refractivity contribution is 0.151. The maximum atomic E-state index is 13.0. The fourth-order valence-corrected chi connectivity index (χ4v) is 2.82. The number of piperazine rings is 1. The van der Waals surface area contributed by atoms with Gasteiger partial charge in [-0.3, -0.25) is 4.40 Å². The Kier molecular flexibility index (Phi) is 3.81. The third-order valence-corrected chi connectivity index (χ3v) is 4.09. The molecule has 0 unspecified atom stereocenters. The van der Waals surface area contributed by atoms with Crippen LogP contribution in [-0.4, -0.2) is 45.5 Å². The van der Waals surface area contributed by atoms with Crippen LogP contribution in [0, 0.1) is 0 Å². The molecule has 6 nitrogen and oxygen atoms in total. The number of hydrogen-bond acceptors (Lipinski definition) is 5. The number of anilines is 1. The highest BCUT2D eigenvalue weighted by Gasteiger charge is 2.16. The highest BCUT2D eigenvalue weighted by Crippen LogP contribution is 2.24. The molecule has 1 fully saturated rings. The predicted molar refractivity (Wildman–Crippen MR) is 86.3 cm³/mol. The lowest BCUT2D eigenvalue weighted by Gasteiger charge is -2.27. The highest BCUT2D eigenvalue weighted by atomic mass is 19.3. The Bertz CT molecular complexity index is 857. The Morgan fingerprint density at radius 1 is 1.08 bits per heavy atom. The van der Waals surface area contributed by atoms with Crippen LogP contribution in [0.3, 0.4) is 0 Å². The van der Waals surface area contributed by atoms with Crippen molar-refractivity contribution in [1.82, 2.24) is 24.7 Å². The van der Waals surface area contributed by atoms with E-state index in [0.717, 1.165) is 26.2 Å².